The van der Waals surface area contributed by atoms with Crippen LogP contribution >= 0.6 is 0 Å². The summed E-state index contributed by atoms with van der Waals surface area (Å²) in [5.74, 6) is -1.88. The zero-order chi connectivity index (χ0) is 19.0. The zero-order valence-electron chi connectivity index (χ0n) is 15.1. The van der Waals surface area contributed by atoms with Crippen molar-refractivity contribution in [3.63, 3.8) is 0 Å². The van der Waals surface area contributed by atoms with Crippen LogP contribution in [0.5, 0.6) is 11.5 Å². The van der Waals surface area contributed by atoms with Gasteiger partial charge in [-0.15, -0.1) is 0 Å². The minimum Gasteiger partial charge on any atom is -0.508 e. The van der Waals surface area contributed by atoms with E-state index >= 15 is 0 Å². The summed E-state index contributed by atoms with van der Waals surface area (Å²) in [6.45, 7) is 5.44. The number of hydrogen-bond acceptors (Lipinski definition) is 3. The summed E-state index contributed by atoms with van der Waals surface area (Å²) in [5.41, 5.74) is 2.51. The number of benzene rings is 1. The van der Waals surface area contributed by atoms with E-state index in [2.05, 4.69) is 6.08 Å². The molecule has 0 heterocycles. The molecule has 0 aromatic heterocycles. The Balaban J connectivity index is 3.05. The fraction of sp³-hybridized carbons (Fsp3) is 0.450. The molecule has 0 saturated carbocycles. The molecule has 0 atom stereocenters. The van der Waals surface area contributed by atoms with E-state index in [9.17, 15) is 24.5 Å². The van der Waals surface area contributed by atoms with Crippen molar-refractivity contribution >= 4 is 5.97 Å². The van der Waals surface area contributed by atoms with E-state index in [4.69, 9.17) is 0 Å². The van der Waals surface area contributed by atoms with Crippen LogP contribution in [0.15, 0.2) is 29.4 Å². The van der Waals surface area contributed by atoms with Gasteiger partial charge < -0.3 is 15.3 Å². The quantitative estimate of drug-likeness (QED) is 0.552. The maximum absolute atomic E-state index is 12.4. The molecule has 0 unspecified atom stereocenters. The van der Waals surface area contributed by atoms with Crippen LogP contribution in [-0.4, -0.2) is 28.0 Å². The first kappa shape index (κ1) is 20.7. The Hall–Kier alpha value is -2.30. The molecule has 5 heteroatoms. The molecule has 0 amide bonds. The van der Waals surface area contributed by atoms with E-state index in [1.165, 1.54) is 11.6 Å². The Labute approximate surface area is 148 Å². The van der Waals surface area contributed by atoms with Gasteiger partial charge in [-0.05, 0) is 64.5 Å². The van der Waals surface area contributed by atoms with Crippen molar-refractivity contribution in [2.24, 2.45) is 0 Å². The predicted molar refractivity (Wildman–Crippen MR) is 97.2 cm³/mol. The lowest BCUT2D eigenvalue weighted by Crippen LogP contribution is -2.06. The van der Waals surface area contributed by atoms with E-state index < -0.39 is 18.4 Å². The molecular weight excluding hydrogens is 323 g/mol. The molecule has 0 radical (unpaired) electrons. The Morgan fingerprint density at radius 2 is 1.88 bits per heavy atom. The molecule has 0 bridgehead atoms. The van der Waals surface area contributed by atoms with Gasteiger partial charge in [-0.1, -0.05) is 23.3 Å². The average molecular weight is 350 g/mol. The molecular formula is C20H27FO4. The number of hydrogen-bond donors (Lipinski definition) is 3. The van der Waals surface area contributed by atoms with Gasteiger partial charge in [-0.2, -0.15) is 0 Å². The number of rotatable bonds is 9. The number of aromatic carboxylic acids is 1. The van der Waals surface area contributed by atoms with Gasteiger partial charge in [-0.25, -0.2) is 4.79 Å². The number of aryl methyl sites for hydroxylation is 1. The van der Waals surface area contributed by atoms with Crippen LogP contribution < -0.4 is 0 Å². The van der Waals surface area contributed by atoms with Gasteiger partial charge >= 0.3 is 5.97 Å². The third kappa shape index (κ3) is 6.25. The molecule has 0 aliphatic heterocycles. The second-order valence-corrected chi connectivity index (χ2v) is 6.43. The molecule has 25 heavy (non-hydrogen) atoms. The van der Waals surface area contributed by atoms with Crippen molar-refractivity contribution in [2.45, 2.75) is 52.9 Å². The highest BCUT2D eigenvalue weighted by molar-refractivity contribution is 5.93. The molecule has 4 nitrogen and oxygen atoms in total. The maximum atomic E-state index is 12.4. The van der Waals surface area contributed by atoms with Crippen molar-refractivity contribution in [1.82, 2.24) is 0 Å². The number of phenolic OH excluding ortho intramolecular Hbond substituents is 1. The number of carboxylic acids is 1. The highest BCUT2D eigenvalue weighted by atomic mass is 19.1. The van der Waals surface area contributed by atoms with Crippen molar-refractivity contribution in [1.29, 1.82) is 0 Å². The van der Waals surface area contributed by atoms with E-state index in [-0.39, 0.29) is 41.7 Å². The summed E-state index contributed by atoms with van der Waals surface area (Å²) in [7, 11) is 0. The third-order valence-electron chi connectivity index (χ3n) is 4.00. The number of carboxylic acid groups (broad SMARTS) is 1. The zero-order valence-corrected chi connectivity index (χ0v) is 15.1. The molecule has 0 aliphatic rings. The first-order valence-corrected chi connectivity index (χ1v) is 8.42. The van der Waals surface area contributed by atoms with Crippen LogP contribution in [0.1, 0.15) is 61.5 Å². The first-order chi connectivity index (χ1) is 11.8. The molecule has 0 fully saturated rings. The molecule has 0 aliphatic carbocycles. The highest BCUT2D eigenvalue weighted by Crippen LogP contribution is 2.35. The molecule has 0 saturated heterocycles. The van der Waals surface area contributed by atoms with Crippen LogP contribution in [-0.2, 0) is 12.8 Å². The summed E-state index contributed by atoms with van der Waals surface area (Å²) in [6.07, 6.45) is 6.30. The predicted octanol–water partition coefficient (Wildman–Crippen LogP) is 4.93. The highest BCUT2D eigenvalue weighted by Gasteiger charge is 2.21. The topological polar surface area (TPSA) is 77.8 Å². The van der Waals surface area contributed by atoms with Gasteiger partial charge in [0.15, 0.2) is 0 Å². The Bertz CT molecular complexity index is 671. The van der Waals surface area contributed by atoms with Crippen LogP contribution in [0.2, 0.25) is 0 Å². The molecule has 1 aromatic carbocycles. The third-order valence-corrected chi connectivity index (χ3v) is 4.00. The fourth-order valence-electron chi connectivity index (χ4n) is 2.61. The first-order valence-electron chi connectivity index (χ1n) is 8.42. The summed E-state index contributed by atoms with van der Waals surface area (Å²) in [6, 6.07) is 1.32. The van der Waals surface area contributed by atoms with Crippen molar-refractivity contribution < 1.29 is 24.5 Å². The lowest BCUT2D eigenvalue weighted by Gasteiger charge is -2.13. The molecule has 1 rings (SSSR count). The Morgan fingerprint density at radius 1 is 1.20 bits per heavy atom. The summed E-state index contributed by atoms with van der Waals surface area (Å²) < 4.78 is 12.4. The Kier molecular flexibility index (Phi) is 8.19. The second-order valence-electron chi connectivity index (χ2n) is 6.43. The fourth-order valence-corrected chi connectivity index (χ4v) is 2.61. The van der Waals surface area contributed by atoms with Gasteiger partial charge in [0.25, 0.3) is 0 Å². The lowest BCUT2D eigenvalue weighted by molar-refractivity contribution is 0.0692. The minimum absolute atomic E-state index is 0.141. The van der Waals surface area contributed by atoms with E-state index in [1.807, 2.05) is 26.8 Å². The number of alkyl halides is 1. The SMILES string of the molecule is CC(C)=CCC/C(C)=C/Cc1c(O)cc(CCCF)c(C(=O)O)c1O. The minimum atomic E-state index is -1.28. The smallest absolute Gasteiger partial charge is 0.339 e. The number of allylic oxidation sites excluding steroid dienone is 4. The normalized spacial score (nSPS) is 11.4. The van der Waals surface area contributed by atoms with Crippen molar-refractivity contribution in [3.8, 4) is 11.5 Å². The standard InChI is InChI=1S/C20H27FO4/c1-13(2)6-4-7-14(3)9-10-16-17(22)12-15(8-5-11-21)18(19(16)23)20(24)25/h6,9,12,22-23H,4-5,7-8,10-11H2,1-3H3,(H,24,25)/b14-9+. The van der Waals surface area contributed by atoms with E-state index in [0.29, 0.717) is 0 Å². The van der Waals surface area contributed by atoms with Crippen LogP contribution in [0.25, 0.3) is 0 Å². The summed E-state index contributed by atoms with van der Waals surface area (Å²) in [5, 5.41) is 29.8. The molecule has 138 valence electrons. The van der Waals surface area contributed by atoms with Crippen LogP contribution in [0.3, 0.4) is 0 Å². The molecule has 3 N–H and O–H groups in total. The Morgan fingerprint density at radius 3 is 2.44 bits per heavy atom. The summed E-state index contributed by atoms with van der Waals surface area (Å²) >= 11 is 0. The number of aromatic hydroxyl groups is 2. The maximum Gasteiger partial charge on any atom is 0.339 e. The van der Waals surface area contributed by atoms with Gasteiger partial charge in [-0.3, -0.25) is 4.39 Å². The lowest BCUT2D eigenvalue weighted by atomic mass is 9.95. The van der Waals surface area contributed by atoms with Crippen molar-refractivity contribution in [3.05, 3.63) is 46.1 Å². The van der Waals surface area contributed by atoms with Gasteiger partial charge in [0.05, 0.1) is 6.67 Å². The van der Waals surface area contributed by atoms with Crippen LogP contribution in [0.4, 0.5) is 4.39 Å². The largest absolute Gasteiger partial charge is 0.508 e. The monoisotopic (exact) mass is 350 g/mol. The second kappa shape index (κ2) is 9.87. The van der Waals surface area contributed by atoms with Crippen molar-refractivity contribution in [2.75, 3.05) is 6.67 Å². The molecule has 0 spiro atoms. The average Bonchev–Trinajstić information content (AvgIpc) is 2.51. The van der Waals surface area contributed by atoms with E-state index in [1.54, 1.807) is 0 Å². The van der Waals surface area contributed by atoms with Gasteiger partial charge in [0.2, 0.25) is 0 Å². The van der Waals surface area contributed by atoms with E-state index in [0.717, 1.165) is 18.4 Å². The number of carbonyl (C=O) groups is 1. The molecule has 1 aromatic rings. The number of phenols is 2. The van der Waals surface area contributed by atoms with Crippen LogP contribution in [0, 0.1) is 0 Å². The summed E-state index contributed by atoms with van der Waals surface area (Å²) in [4.78, 5) is 11.5. The number of halogens is 1. The van der Waals surface area contributed by atoms with Gasteiger partial charge in [0.1, 0.15) is 17.1 Å². The van der Waals surface area contributed by atoms with Gasteiger partial charge in [0, 0.05) is 5.56 Å².